The molecule has 2 rings (SSSR count). The second kappa shape index (κ2) is 9.23. The van der Waals surface area contributed by atoms with Crippen LogP contribution in [0.4, 0.5) is 0 Å². The maximum Gasteiger partial charge on any atom is 0.269 e. The van der Waals surface area contributed by atoms with E-state index in [1.54, 1.807) is 24.3 Å². The maximum absolute atomic E-state index is 12.1. The molecule has 0 radical (unpaired) electrons. The second-order valence-electron chi connectivity index (χ2n) is 6.15. The molecule has 2 N–H and O–H groups in total. The van der Waals surface area contributed by atoms with Crippen molar-refractivity contribution in [2.45, 2.75) is 20.3 Å². The van der Waals surface area contributed by atoms with Crippen LogP contribution in [0.25, 0.3) is 0 Å². The molecule has 0 spiro atoms. The van der Waals surface area contributed by atoms with E-state index < -0.39 is 11.8 Å². The minimum Gasteiger partial charge on any atom is -0.494 e. The van der Waals surface area contributed by atoms with E-state index in [9.17, 15) is 9.59 Å². The van der Waals surface area contributed by atoms with Gasteiger partial charge >= 0.3 is 0 Å². The lowest BCUT2D eigenvalue weighted by Gasteiger charge is -2.10. The Morgan fingerprint density at radius 2 is 1.46 bits per heavy atom. The Kier molecular flexibility index (Phi) is 6.75. The largest absolute Gasteiger partial charge is 0.494 e. The molecule has 6 heteroatoms. The number of nitriles is 1. The van der Waals surface area contributed by atoms with E-state index in [2.05, 4.69) is 24.7 Å². The van der Waals surface area contributed by atoms with Crippen LogP contribution in [0.15, 0.2) is 48.5 Å². The minimum atomic E-state index is -0.462. The average Bonchev–Trinajstić information content (AvgIpc) is 2.66. The van der Waals surface area contributed by atoms with Crippen molar-refractivity contribution in [3.05, 3.63) is 65.2 Å². The van der Waals surface area contributed by atoms with Crippen molar-refractivity contribution in [3.63, 3.8) is 0 Å². The number of amides is 2. The third kappa shape index (κ3) is 5.64. The van der Waals surface area contributed by atoms with Gasteiger partial charge in [0.25, 0.3) is 11.8 Å². The van der Waals surface area contributed by atoms with E-state index in [1.165, 1.54) is 24.3 Å². The number of rotatable bonds is 6. The molecule has 0 aliphatic carbocycles. The normalized spacial score (nSPS) is 10.1. The standard InChI is InChI=1S/C20H21N3O3/c1-14(2)11-12-26-18-9-7-17(8-10-18)20(25)23-22-19(24)16-5-3-15(13-21)4-6-16/h3-10,14H,11-12H2,1-2H3,(H,22,24)(H,23,25). The molecule has 0 aromatic heterocycles. The highest BCUT2D eigenvalue weighted by atomic mass is 16.5. The monoisotopic (exact) mass is 351 g/mol. The summed E-state index contributed by atoms with van der Waals surface area (Å²) in [6.07, 6.45) is 0.962. The minimum absolute atomic E-state index is 0.346. The number of hydrogen-bond donors (Lipinski definition) is 2. The molecule has 0 heterocycles. The van der Waals surface area contributed by atoms with Gasteiger partial charge < -0.3 is 4.74 Å². The van der Waals surface area contributed by atoms with E-state index in [0.29, 0.717) is 35.0 Å². The van der Waals surface area contributed by atoms with Crippen LogP contribution in [-0.2, 0) is 0 Å². The number of nitrogens with zero attached hydrogens (tertiary/aromatic N) is 1. The molecule has 2 aromatic carbocycles. The predicted octanol–water partition coefficient (Wildman–Crippen LogP) is 3.06. The lowest BCUT2D eigenvalue weighted by molar-refractivity contribution is 0.0846. The average molecular weight is 351 g/mol. The maximum atomic E-state index is 12.1. The van der Waals surface area contributed by atoms with E-state index in [-0.39, 0.29) is 0 Å². The molecule has 0 aliphatic heterocycles. The van der Waals surface area contributed by atoms with Gasteiger partial charge in [0, 0.05) is 11.1 Å². The molecule has 0 bridgehead atoms. The number of nitrogens with one attached hydrogen (secondary N) is 2. The summed E-state index contributed by atoms with van der Waals surface area (Å²) in [4.78, 5) is 24.1. The number of carbonyl (C=O) groups is 2. The molecule has 0 saturated heterocycles. The van der Waals surface area contributed by atoms with Crippen LogP contribution in [0.1, 0.15) is 46.5 Å². The Balaban J connectivity index is 1.85. The number of hydrogen-bond acceptors (Lipinski definition) is 4. The third-order valence-corrected chi connectivity index (χ3v) is 3.65. The van der Waals surface area contributed by atoms with Crippen LogP contribution < -0.4 is 15.6 Å². The van der Waals surface area contributed by atoms with Crippen LogP contribution >= 0.6 is 0 Å². The molecular weight excluding hydrogens is 330 g/mol. The first-order valence-corrected chi connectivity index (χ1v) is 8.33. The van der Waals surface area contributed by atoms with Crippen LogP contribution in [0.3, 0.4) is 0 Å². The van der Waals surface area contributed by atoms with Gasteiger partial charge in [-0.1, -0.05) is 13.8 Å². The zero-order valence-electron chi connectivity index (χ0n) is 14.8. The fraction of sp³-hybridized carbons (Fsp3) is 0.250. The van der Waals surface area contributed by atoms with E-state index in [0.717, 1.165) is 6.42 Å². The molecule has 2 amide bonds. The quantitative estimate of drug-likeness (QED) is 0.783. The summed E-state index contributed by atoms with van der Waals surface area (Å²) < 4.78 is 5.60. The van der Waals surface area contributed by atoms with Gasteiger partial charge in [-0.05, 0) is 60.9 Å². The number of ether oxygens (including phenoxy) is 1. The van der Waals surface area contributed by atoms with Crippen LogP contribution in [-0.4, -0.2) is 18.4 Å². The van der Waals surface area contributed by atoms with Gasteiger partial charge in [-0.3, -0.25) is 20.4 Å². The van der Waals surface area contributed by atoms with Crippen molar-refractivity contribution >= 4 is 11.8 Å². The lowest BCUT2D eigenvalue weighted by atomic mass is 10.1. The summed E-state index contributed by atoms with van der Waals surface area (Å²) in [6.45, 7) is 4.88. The Morgan fingerprint density at radius 1 is 0.962 bits per heavy atom. The molecule has 0 saturated carbocycles. The van der Waals surface area contributed by atoms with Gasteiger partial charge in [0.2, 0.25) is 0 Å². The number of carbonyl (C=O) groups excluding carboxylic acids is 2. The second-order valence-corrected chi connectivity index (χ2v) is 6.15. The summed E-state index contributed by atoms with van der Waals surface area (Å²) in [5.41, 5.74) is 5.91. The zero-order valence-corrected chi connectivity index (χ0v) is 14.8. The van der Waals surface area contributed by atoms with Crippen LogP contribution in [0.5, 0.6) is 5.75 Å². The van der Waals surface area contributed by atoms with E-state index in [4.69, 9.17) is 10.00 Å². The molecule has 0 aliphatic rings. The summed E-state index contributed by atoms with van der Waals surface area (Å²) >= 11 is 0. The number of hydrazine groups is 1. The number of benzene rings is 2. The Hall–Kier alpha value is -3.33. The highest BCUT2D eigenvalue weighted by molar-refractivity contribution is 5.99. The first-order valence-electron chi connectivity index (χ1n) is 8.33. The smallest absolute Gasteiger partial charge is 0.269 e. The van der Waals surface area contributed by atoms with Crippen molar-refractivity contribution in [1.82, 2.24) is 10.9 Å². The molecule has 0 unspecified atom stereocenters. The summed E-state index contributed by atoms with van der Waals surface area (Å²) in [6, 6.07) is 14.8. The highest BCUT2D eigenvalue weighted by Gasteiger charge is 2.09. The molecule has 26 heavy (non-hydrogen) atoms. The fourth-order valence-electron chi connectivity index (χ4n) is 2.07. The molecular formula is C20H21N3O3. The third-order valence-electron chi connectivity index (χ3n) is 3.65. The van der Waals surface area contributed by atoms with Gasteiger partial charge in [-0.15, -0.1) is 0 Å². The Labute approximate surface area is 152 Å². The van der Waals surface area contributed by atoms with Gasteiger partial charge in [-0.25, -0.2) is 0 Å². The summed E-state index contributed by atoms with van der Waals surface area (Å²) in [5, 5.41) is 8.74. The van der Waals surface area contributed by atoms with E-state index >= 15 is 0 Å². The predicted molar refractivity (Wildman–Crippen MR) is 97.5 cm³/mol. The molecule has 0 atom stereocenters. The van der Waals surface area contributed by atoms with Crippen molar-refractivity contribution in [1.29, 1.82) is 5.26 Å². The van der Waals surface area contributed by atoms with Crippen LogP contribution in [0, 0.1) is 17.2 Å². The first-order chi connectivity index (χ1) is 12.5. The Bertz CT molecular complexity index is 791. The van der Waals surface area contributed by atoms with Crippen molar-refractivity contribution in [2.24, 2.45) is 5.92 Å². The van der Waals surface area contributed by atoms with Crippen LogP contribution in [0.2, 0.25) is 0 Å². The highest BCUT2D eigenvalue weighted by Crippen LogP contribution is 2.13. The van der Waals surface area contributed by atoms with Gasteiger partial charge in [-0.2, -0.15) is 5.26 Å². The molecule has 0 fully saturated rings. The topological polar surface area (TPSA) is 91.2 Å². The van der Waals surface area contributed by atoms with Gasteiger partial charge in [0.1, 0.15) is 5.75 Å². The summed E-state index contributed by atoms with van der Waals surface area (Å²) in [5.74, 6) is 0.376. The fourth-order valence-corrected chi connectivity index (χ4v) is 2.07. The Morgan fingerprint density at radius 3 is 1.92 bits per heavy atom. The zero-order chi connectivity index (χ0) is 18.9. The summed E-state index contributed by atoms with van der Waals surface area (Å²) in [7, 11) is 0. The van der Waals surface area contributed by atoms with E-state index in [1.807, 2.05) is 6.07 Å². The van der Waals surface area contributed by atoms with Crippen molar-refractivity contribution in [3.8, 4) is 11.8 Å². The first kappa shape index (κ1) is 19.0. The lowest BCUT2D eigenvalue weighted by Crippen LogP contribution is -2.41. The van der Waals surface area contributed by atoms with Gasteiger partial charge in [0.15, 0.2) is 0 Å². The van der Waals surface area contributed by atoms with Gasteiger partial charge in [0.05, 0.1) is 18.2 Å². The molecule has 134 valence electrons. The molecule has 6 nitrogen and oxygen atoms in total. The van der Waals surface area contributed by atoms with Crippen molar-refractivity contribution in [2.75, 3.05) is 6.61 Å². The van der Waals surface area contributed by atoms with Crippen molar-refractivity contribution < 1.29 is 14.3 Å². The SMILES string of the molecule is CC(C)CCOc1ccc(C(=O)NNC(=O)c2ccc(C#N)cc2)cc1. The molecule has 2 aromatic rings.